The molecule has 0 aliphatic carbocycles. The number of carbonyl (C=O) groups excluding carboxylic acids is 1. The van der Waals surface area contributed by atoms with Gasteiger partial charge in [0.15, 0.2) is 11.5 Å². The average molecular weight is 517 g/mol. The molecule has 1 aliphatic heterocycles. The van der Waals surface area contributed by atoms with Gasteiger partial charge in [0.2, 0.25) is 0 Å². The minimum Gasteiger partial charge on any atom is -0.504 e. The van der Waals surface area contributed by atoms with Crippen molar-refractivity contribution in [2.75, 3.05) is 11.6 Å². The summed E-state index contributed by atoms with van der Waals surface area (Å²) < 4.78 is 6.09. The van der Waals surface area contributed by atoms with Gasteiger partial charge in [0.1, 0.15) is 0 Å². The van der Waals surface area contributed by atoms with Crippen LogP contribution in [0.4, 0.5) is 5.69 Å². The molecular weight excluding hydrogens is 502 g/mol. The van der Waals surface area contributed by atoms with Crippen LogP contribution in [-0.4, -0.2) is 23.3 Å². The van der Waals surface area contributed by atoms with Gasteiger partial charge in [0.05, 0.1) is 37.2 Å². The van der Waals surface area contributed by atoms with E-state index in [4.69, 9.17) is 27.9 Å². The van der Waals surface area contributed by atoms with E-state index in [1.807, 2.05) is 29.5 Å². The fourth-order valence-electron chi connectivity index (χ4n) is 2.59. The summed E-state index contributed by atoms with van der Waals surface area (Å²) in [5.41, 5.74) is 2.29. The second-order valence-electron chi connectivity index (χ2n) is 5.74. The van der Waals surface area contributed by atoms with Crippen LogP contribution in [-0.2, 0) is 4.79 Å². The standard InChI is InChI=1S/C19H15Cl2IN2O3/c1-3-27-17-8-11(7-16(22)18(17)25)6-13-10(2)23-24(19(13)26)12-4-5-14(20)15(21)9-12/h4-9,25H,3H2,1-2H3/b13-6+. The van der Waals surface area contributed by atoms with E-state index in [-0.39, 0.29) is 11.7 Å². The molecule has 0 spiro atoms. The number of anilines is 1. The number of hydrazone groups is 1. The van der Waals surface area contributed by atoms with Gasteiger partial charge >= 0.3 is 0 Å². The first kappa shape index (κ1) is 20.0. The van der Waals surface area contributed by atoms with Gasteiger partial charge in [0.25, 0.3) is 5.91 Å². The molecule has 0 bridgehead atoms. The van der Waals surface area contributed by atoms with Gasteiger partial charge in [-0.2, -0.15) is 10.1 Å². The highest BCUT2D eigenvalue weighted by molar-refractivity contribution is 14.1. The molecule has 0 saturated heterocycles. The number of phenolic OH excluding ortho intramolecular Hbond substituents is 1. The lowest BCUT2D eigenvalue weighted by atomic mass is 10.1. The summed E-state index contributed by atoms with van der Waals surface area (Å²) in [4.78, 5) is 12.9. The van der Waals surface area contributed by atoms with Crippen LogP contribution in [0.15, 0.2) is 41.0 Å². The summed E-state index contributed by atoms with van der Waals surface area (Å²) in [6.45, 7) is 4.02. The molecule has 140 valence electrons. The van der Waals surface area contributed by atoms with Crippen molar-refractivity contribution in [2.45, 2.75) is 13.8 Å². The quantitative estimate of drug-likeness (QED) is 0.430. The van der Waals surface area contributed by atoms with E-state index in [0.29, 0.717) is 42.9 Å². The number of rotatable bonds is 4. The van der Waals surface area contributed by atoms with E-state index < -0.39 is 0 Å². The van der Waals surface area contributed by atoms with Crippen molar-refractivity contribution >= 4 is 69.2 Å². The molecule has 1 aliphatic rings. The fourth-order valence-corrected chi connectivity index (χ4v) is 3.50. The fraction of sp³-hybridized carbons (Fsp3) is 0.158. The summed E-state index contributed by atoms with van der Waals surface area (Å²) in [6, 6.07) is 8.36. The van der Waals surface area contributed by atoms with Crippen LogP contribution in [0.1, 0.15) is 19.4 Å². The number of carbonyl (C=O) groups is 1. The minimum absolute atomic E-state index is 0.0835. The second kappa shape index (κ2) is 8.08. The van der Waals surface area contributed by atoms with E-state index >= 15 is 0 Å². The Morgan fingerprint density at radius 2 is 2.00 bits per heavy atom. The Kier molecular flexibility index (Phi) is 5.98. The summed E-state index contributed by atoms with van der Waals surface area (Å²) in [6.07, 6.45) is 1.73. The molecule has 1 N–H and O–H groups in total. The van der Waals surface area contributed by atoms with Gasteiger partial charge < -0.3 is 9.84 Å². The van der Waals surface area contributed by atoms with Crippen molar-refractivity contribution in [3.05, 3.63) is 55.1 Å². The highest BCUT2D eigenvalue weighted by atomic mass is 127. The maximum Gasteiger partial charge on any atom is 0.280 e. The SMILES string of the molecule is CCOc1cc(/C=C2/C(=O)N(c3ccc(Cl)c(Cl)c3)N=C2C)cc(I)c1O. The highest BCUT2D eigenvalue weighted by Crippen LogP contribution is 2.35. The number of hydrogen-bond acceptors (Lipinski definition) is 4. The van der Waals surface area contributed by atoms with Gasteiger partial charge in [-0.15, -0.1) is 0 Å². The molecule has 27 heavy (non-hydrogen) atoms. The molecule has 8 heteroatoms. The van der Waals surface area contributed by atoms with Crippen LogP contribution in [0, 0.1) is 3.57 Å². The molecule has 0 atom stereocenters. The van der Waals surface area contributed by atoms with E-state index in [1.54, 1.807) is 43.3 Å². The van der Waals surface area contributed by atoms with E-state index in [9.17, 15) is 9.90 Å². The molecule has 0 aromatic heterocycles. The molecule has 0 fully saturated rings. The zero-order valence-corrected chi connectivity index (χ0v) is 18.1. The van der Waals surface area contributed by atoms with Gasteiger partial charge in [-0.05, 0) is 78.4 Å². The number of hydrogen-bond donors (Lipinski definition) is 1. The first-order valence-corrected chi connectivity index (χ1v) is 9.87. The maximum atomic E-state index is 12.9. The first-order chi connectivity index (χ1) is 12.8. The lowest BCUT2D eigenvalue weighted by Gasteiger charge is -2.12. The van der Waals surface area contributed by atoms with Crippen LogP contribution in [0.25, 0.3) is 6.08 Å². The normalized spacial score (nSPS) is 15.4. The summed E-state index contributed by atoms with van der Waals surface area (Å²) in [5.74, 6) is 0.185. The number of ether oxygens (including phenoxy) is 1. The Bertz CT molecular complexity index is 989. The van der Waals surface area contributed by atoms with Gasteiger partial charge in [0, 0.05) is 0 Å². The molecule has 2 aromatic rings. The summed E-state index contributed by atoms with van der Waals surface area (Å²) >= 11 is 14.0. The molecule has 1 amide bonds. The van der Waals surface area contributed by atoms with Crippen LogP contribution in [0.3, 0.4) is 0 Å². The number of benzene rings is 2. The predicted octanol–water partition coefficient (Wildman–Crippen LogP) is 5.51. The average Bonchev–Trinajstić information content (AvgIpc) is 2.90. The Hall–Kier alpha value is -1.77. The molecule has 0 saturated carbocycles. The zero-order valence-electron chi connectivity index (χ0n) is 14.5. The van der Waals surface area contributed by atoms with Crippen LogP contribution in [0.5, 0.6) is 11.5 Å². The van der Waals surface area contributed by atoms with Crippen LogP contribution >= 0.6 is 45.8 Å². The Morgan fingerprint density at radius 3 is 2.67 bits per heavy atom. The van der Waals surface area contributed by atoms with Crippen LogP contribution in [0.2, 0.25) is 10.0 Å². The van der Waals surface area contributed by atoms with Crippen molar-refractivity contribution in [3.63, 3.8) is 0 Å². The first-order valence-electron chi connectivity index (χ1n) is 8.04. The minimum atomic E-state index is -0.271. The van der Waals surface area contributed by atoms with Crippen molar-refractivity contribution < 1.29 is 14.6 Å². The van der Waals surface area contributed by atoms with Gasteiger partial charge in [-0.25, -0.2) is 0 Å². The molecule has 2 aromatic carbocycles. The zero-order chi connectivity index (χ0) is 19.7. The topological polar surface area (TPSA) is 62.1 Å². The number of halogens is 3. The molecule has 3 rings (SSSR count). The Balaban J connectivity index is 1.97. The second-order valence-corrected chi connectivity index (χ2v) is 7.72. The Labute approximate surface area is 180 Å². The van der Waals surface area contributed by atoms with Crippen molar-refractivity contribution in [1.29, 1.82) is 0 Å². The third-order valence-electron chi connectivity index (χ3n) is 3.87. The predicted molar refractivity (Wildman–Crippen MR) is 117 cm³/mol. The molecule has 1 heterocycles. The Morgan fingerprint density at radius 1 is 1.26 bits per heavy atom. The van der Waals surface area contributed by atoms with E-state index in [1.165, 1.54) is 5.01 Å². The monoisotopic (exact) mass is 516 g/mol. The summed E-state index contributed by atoms with van der Waals surface area (Å²) in [5, 5.41) is 16.5. The third kappa shape index (κ3) is 4.07. The van der Waals surface area contributed by atoms with Crippen molar-refractivity contribution in [2.24, 2.45) is 5.10 Å². The number of amides is 1. The largest absolute Gasteiger partial charge is 0.504 e. The smallest absolute Gasteiger partial charge is 0.280 e. The lowest BCUT2D eigenvalue weighted by molar-refractivity contribution is -0.114. The van der Waals surface area contributed by atoms with Crippen molar-refractivity contribution in [1.82, 2.24) is 0 Å². The van der Waals surface area contributed by atoms with Crippen LogP contribution < -0.4 is 9.75 Å². The number of nitrogens with zero attached hydrogens (tertiary/aromatic N) is 2. The molecule has 5 nitrogen and oxygen atoms in total. The van der Waals surface area contributed by atoms with Gasteiger partial charge in [-0.3, -0.25) is 4.79 Å². The van der Waals surface area contributed by atoms with E-state index in [2.05, 4.69) is 5.10 Å². The van der Waals surface area contributed by atoms with Crippen molar-refractivity contribution in [3.8, 4) is 11.5 Å². The van der Waals surface area contributed by atoms with Gasteiger partial charge in [-0.1, -0.05) is 23.2 Å². The third-order valence-corrected chi connectivity index (χ3v) is 5.43. The molecule has 0 radical (unpaired) electrons. The summed E-state index contributed by atoms with van der Waals surface area (Å²) in [7, 11) is 0. The molecular formula is C19H15Cl2IN2O3. The molecule has 0 unspecified atom stereocenters. The van der Waals surface area contributed by atoms with E-state index in [0.717, 1.165) is 5.56 Å². The lowest BCUT2D eigenvalue weighted by Crippen LogP contribution is -2.21. The number of phenols is 1. The highest BCUT2D eigenvalue weighted by Gasteiger charge is 2.29. The maximum absolute atomic E-state index is 12.9. The number of aromatic hydroxyl groups is 1.